The van der Waals surface area contributed by atoms with Crippen LogP contribution in [0.2, 0.25) is 0 Å². The normalized spacial score (nSPS) is 14.4. The van der Waals surface area contributed by atoms with E-state index in [9.17, 15) is 5.11 Å². The summed E-state index contributed by atoms with van der Waals surface area (Å²) in [6.07, 6.45) is 0. The molecule has 3 heteroatoms. The summed E-state index contributed by atoms with van der Waals surface area (Å²) in [6.45, 7) is 7.43. The van der Waals surface area contributed by atoms with Crippen LogP contribution in [0.25, 0.3) is 11.1 Å². The lowest BCUT2D eigenvalue weighted by Crippen LogP contribution is -2.49. The Balaban J connectivity index is 1.63. The van der Waals surface area contributed by atoms with Gasteiger partial charge >= 0.3 is 7.48 Å². The molecule has 170 valence electrons. The molecule has 0 saturated heterocycles. The zero-order valence-corrected chi connectivity index (χ0v) is 20.4. The van der Waals surface area contributed by atoms with Crippen molar-refractivity contribution in [3.8, 4) is 11.1 Å². The van der Waals surface area contributed by atoms with Crippen molar-refractivity contribution in [1.29, 1.82) is 0 Å². The Bertz CT molecular complexity index is 1260. The van der Waals surface area contributed by atoms with E-state index < -0.39 is 11.2 Å². The summed E-state index contributed by atoms with van der Waals surface area (Å²) in [5, 5.41) is 10.4. The van der Waals surface area contributed by atoms with E-state index in [0.29, 0.717) is 7.48 Å². The van der Waals surface area contributed by atoms with Gasteiger partial charge in [0.05, 0.1) is 16.6 Å². The molecule has 0 aromatic heterocycles. The minimum absolute atomic E-state index is 0.375. The fraction of sp³-hybridized carbons (Fsp3) is 0.226. The second-order valence-electron chi connectivity index (χ2n) is 10.3. The predicted octanol–water partition coefficient (Wildman–Crippen LogP) is 5.59. The number of fused-ring (bicyclic) bond motifs is 3. The molecule has 0 fully saturated rings. The average molecular weight is 446 g/mol. The van der Waals surface area contributed by atoms with Crippen molar-refractivity contribution in [3.05, 3.63) is 125 Å². The quantitative estimate of drug-likeness (QED) is 0.345. The standard InChI is InChI=1S/C31H31BO2/c1-29(2,33)30(3,4)34-32-24-20-18-23(19-21-24)31(22-12-6-5-7-13-22)27-16-10-8-14-25(27)26-15-9-11-17-28(26)31/h5-21,32-33H,1-4H3. The van der Waals surface area contributed by atoms with Crippen molar-refractivity contribution < 1.29 is 9.76 Å². The van der Waals surface area contributed by atoms with Crippen molar-refractivity contribution in [3.63, 3.8) is 0 Å². The smallest absolute Gasteiger partial charge is 0.309 e. The summed E-state index contributed by atoms with van der Waals surface area (Å²) in [5.74, 6) is 0. The molecule has 4 aromatic rings. The van der Waals surface area contributed by atoms with Gasteiger partial charge in [-0.25, -0.2) is 0 Å². The van der Waals surface area contributed by atoms with E-state index in [1.807, 2.05) is 13.8 Å². The van der Waals surface area contributed by atoms with Crippen LogP contribution in [-0.4, -0.2) is 23.8 Å². The zero-order valence-electron chi connectivity index (χ0n) is 20.4. The van der Waals surface area contributed by atoms with E-state index in [1.54, 1.807) is 13.8 Å². The number of aliphatic hydroxyl groups is 1. The molecule has 0 unspecified atom stereocenters. The van der Waals surface area contributed by atoms with Crippen LogP contribution in [0.1, 0.15) is 49.9 Å². The lowest BCUT2D eigenvalue weighted by molar-refractivity contribution is -0.0893. The topological polar surface area (TPSA) is 29.5 Å². The van der Waals surface area contributed by atoms with E-state index in [1.165, 1.54) is 33.4 Å². The van der Waals surface area contributed by atoms with Gasteiger partial charge in [0.15, 0.2) is 0 Å². The first-order chi connectivity index (χ1) is 16.2. The first-order valence-electron chi connectivity index (χ1n) is 12.0. The number of hydrogen-bond acceptors (Lipinski definition) is 2. The molecule has 0 heterocycles. The van der Waals surface area contributed by atoms with Crippen LogP contribution in [0, 0.1) is 0 Å². The third-order valence-electron chi connectivity index (χ3n) is 7.62. The average Bonchev–Trinajstić information content (AvgIpc) is 3.14. The molecule has 0 saturated carbocycles. The molecule has 0 amide bonds. The third kappa shape index (κ3) is 3.51. The molecule has 2 nitrogen and oxygen atoms in total. The maximum atomic E-state index is 10.4. The summed E-state index contributed by atoms with van der Waals surface area (Å²) in [6, 6.07) is 37.1. The number of hydrogen-bond donors (Lipinski definition) is 1. The highest BCUT2D eigenvalue weighted by atomic mass is 16.5. The van der Waals surface area contributed by atoms with Gasteiger partial charge < -0.3 is 9.76 Å². The van der Waals surface area contributed by atoms with Crippen LogP contribution in [-0.2, 0) is 10.1 Å². The van der Waals surface area contributed by atoms with Gasteiger partial charge in [-0.2, -0.15) is 0 Å². The summed E-state index contributed by atoms with van der Waals surface area (Å²) in [4.78, 5) is 0. The molecule has 0 atom stereocenters. The van der Waals surface area contributed by atoms with E-state index >= 15 is 0 Å². The fourth-order valence-corrected chi connectivity index (χ4v) is 5.00. The van der Waals surface area contributed by atoms with Gasteiger partial charge in [-0.05, 0) is 61.1 Å². The molecule has 5 rings (SSSR count). The van der Waals surface area contributed by atoms with Crippen LogP contribution in [0.5, 0.6) is 0 Å². The van der Waals surface area contributed by atoms with Gasteiger partial charge in [-0.3, -0.25) is 0 Å². The minimum atomic E-state index is -0.929. The Morgan fingerprint density at radius 2 is 1.09 bits per heavy atom. The highest BCUT2D eigenvalue weighted by molar-refractivity contribution is 6.47. The Kier molecular flexibility index (Phi) is 5.51. The summed E-state index contributed by atoms with van der Waals surface area (Å²) < 4.78 is 6.12. The van der Waals surface area contributed by atoms with Gasteiger partial charge in [0, 0.05) is 0 Å². The van der Waals surface area contributed by atoms with Gasteiger partial charge in [0.1, 0.15) is 0 Å². The maximum absolute atomic E-state index is 10.4. The van der Waals surface area contributed by atoms with Gasteiger partial charge in [0.25, 0.3) is 0 Å². The predicted molar refractivity (Wildman–Crippen MR) is 142 cm³/mol. The molecular weight excluding hydrogens is 415 g/mol. The third-order valence-corrected chi connectivity index (χ3v) is 7.62. The molecule has 1 N–H and O–H groups in total. The Hall–Kier alpha value is -3.14. The first kappa shape index (κ1) is 22.6. The van der Waals surface area contributed by atoms with Crippen molar-refractivity contribution in [2.75, 3.05) is 0 Å². The van der Waals surface area contributed by atoms with Gasteiger partial charge in [0.2, 0.25) is 0 Å². The van der Waals surface area contributed by atoms with Crippen molar-refractivity contribution in [1.82, 2.24) is 0 Å². The van der Waals surface area contributed by atoms with Gasteiger partial charge in [-0.15, -0.1) is 0 Å². The molecule has 0 aliphatic heterocycles. The summed E-state index contributed by atoms with van der Waals surface area (Å²) >= 11 is 0. The zero-order chi connectivity index (χ0) is 24.0. The van der Waals surface area contributed by atoms with Crippen molar-refractivity contribution in [2.24, 2.45) is 0 Å². The second kappa shape index (κ2) is 8.27. The lowest BCUT2D eigenvalue weighted by atomic mass is 9.67. The Morgan fingerprint density at radius 1 is 0.618 bits per heavy atom. The van der Waals surface area contributed by atoms with Gasteiger partial charge in [-0.1, -0.05) is 109 Å². The van der Waals surface area contributed by atoms with E-state index in [0.717, 1.165) is 5.46 Å². The van der Waals surface area contributed by atoms with E-state index in [-0.39, 0.29) is 5.41 Å². The molecular formula is C31H31BO2. The van der Waals surface area contributed by atoms with E-state index in [4.69, 9.17) is 4.65 Å². The molecule has 1 aliphatic carbocycles. The largest absolute Gasteiger partial charge is 0.427 e. The van der Waals surface area contributed by atoms with Crippen LogP contribution in [0.3, 0.4) is 0 Å². The first-order valence-corrected chi connectivity index (χ1v) is 12.0. The summed E-state index contributed by atoms with van der Waals surface area (Å²) in [7, 11) is 0.447. The molecule has 34 heavy (non-hydrogen) atoms. The molecule has 0 bridgehead atoms. The monoisotopic (exact) mass is 446 g/mol. The van der Waals surface area contributed by atoms with E-state index in [2.05, 4.69) is 103 Å². The summed E-state index contributed by atoms with van der Waals surface area (Å²) in [5.41, 5.74) is 6.85. The number of rotatable bonds is 6. The molecule has 0 spiro atoms. The van der Waals surface area contributed by atoms with Crippen LogP contribution in [0.15, 0.2) is 103 Å². The molecule has 0 radical (unpaired) electrons. The number of benzene rings is 4. The Morgan fingerprint density at radius 3 is 1.62 bits per heavy atom. The fourth-order valence-electron chi connectivity index (χ4n) is 5.00. The van der Waals surface area contributed by atoms with Crippen LogP contribution in [0.4, 0.5) is 0 Å². The minimum Gasteiger partial charge on any atom is -0.427 e. The molecule has 4 aromatic carbocycles. The second-order valence-corrected chi connectivity index (χ2v) is 10.3. The SMILES string of the molecule is CC(C)(O)C(C)(C)OBc1ccc(C2(c3ccccc3)c3ccccc3-c3ccccc32)cc1. The van der Waals surface area contributed by atoms with Crippen molar-refractivity contribution >= 4 is 12.9 Å². The maximum Gasteiger partial charge on any atom is 0.309 e. The highest BCUT2D eigenvalue weighted by Crippen LogP contribution is 2.55. The molecule has 1 aliphatic rings. The van der Waals surface area contributed by atoms with Crippen LogP contribution >= 0.6 is 0 Å². The highest BCUT2D eigenvalue weighted by Gasteiger charge is 2.45. The Labute approximate surface area is 203 Å². The van der Waals surface area contributed by atoms with Crippen LogP contribution < -0.4 is 5.46 Å². The lowest BCUT2D eigenvalue weighted by Gasteiger charge is -2.37. The van der Waals surface area contributed by atoms with Crippen molar-refractivity contribution in [2.45, 2.75) is 44.3 Å².